The molecule has 0 unspecified atom stereocenters. The molecular formula is C21H19N3OS. The van der Waals surface area contributed by atoms with Crippen LogP contribution >= 0.6 is 11.3 Å². The van der Waals surface area contributed by atoms with Crippen LogP contribution in [0.3, 0.4) is 0 Å². The Morgan fingerprint density at radius 3 is 2.62 bits per heavy atom. The number of amides is 1. The van der Waals surface area contributed by atoms with Crippen molar-refractivity contribution in [2.24, 2.45) is 0 Å². The normalized spacial score (nSPS) is 11.0. The third-order valence-electron chi connectivity index (χ3n) is 4.45. The highest BCUT2D eigenvalue weighted by atomic mass is 32.1. The zero-order valence-electron chi connectivity index (χ0n) is 14.5. The number of aryl methyl sites for hydroxylation is 1. The van der Waals surface area contributed by atoms with Gasteiger partial charge in [0.05, 0.1) is 11.2 Å². The Morgan fingerprint density at radius 2 is 1.88 bits per heavy atom. The van der Waals surface area contributed by atoms with Gasteiger partial charge in [0.1, 0.15) is 0 Å². The Kier molecular flexibility index (Phi) is 4.54. The summed E-state index contributed by atoms with van der Waals surface area (Å²) in [5, 5.41) is 4.20. The first-order valence-electron chi connectivity index (χ1n) is 8.50. The lowest BCUT2D eigenvalue weighted by Crippen LogP contribution is -2.22. The molecule has 0 atom stereocenters. The summed E-state index contributed by atoms with van der Waals surface area (Å²) in [7, 11) is 0. The summed E-state index contributed by atoms with van der Waals surface area (Å²) in [5.41, 5.74) is 3.35. The first-order valence-corrected chi connectivity index (χ1v) is 9.32. The number of carbonyl (C=O) groups is 1. The van der Waals surface area contributed by atoms with Gasteiger partial charge in [0.15, 0.2) is 0 Å². The fourth-order valence-electron chi connectivity index (χ4n) is 3.01. The topological polar surface area (TPSA) is 46.9 Å². The molecule has 0 saturated heterocycles. The molecule has 1 amide bonds. The number of carbonyl (C=O) groups excluding carboxylic acids is 1. The second-order valence-corrected chi connectivity index (χ2v) is 7.34. The highest BCUT2D eigenvalue weighted by Gasteiger charge is 2.14. The molecule has 26 heavy (non-hydrogen) atoms. The fourth-order valence-corrected chi connectivity index (χ4v) is 4.13. The summed E-state index contributed by atoms with van der Waals surface area (Å²) in [4.78, 5) is 17.4. The van der Waals surface area contributed by atoms with Crippen molar-refractivity contribution in [2.75, 3.05) is 0 Å². The minimum atomic E-state index is -0.00816. The average molecular weight is 361 g/mol. The van der Waals surface area contributed by atoms with Crippen LogP contribution in [0.25, 0.3) is 10.1 Å². The fraction of sp³-hybridized carbons (Fsp3) is 0.143. The summed E-state index contributed by atoms with van der Waals surface area (Å²) in [5.74, 6) is -0.00816. The summed E-state index contributed by atoms with van der Waals surface area (Å²) in [6.45, 7) is 3.34. The van der Waals surface area contributed by atoms with Crippen LogP contribution in [0.4, 0.5) is 0 Å². The molecule has 0 spiro atoms. The van der Waals surface area contributed by atoms with Gasteiger partial charge < -0.3 is 9.88 Å². The predicted octanol–water partition coefficient (Wildman–Crippen LogP) is 4.38. The molecule has 2 heterocycles. The number of hydrogen-bond donors (Lipinski definition) is 1. The van der Waals surface area contributed by atoms with E-state index in [0.29, 0.717) is 6.54 Å². The number of nitrogens with zero attached hydrogens (tertiary/aromatic N) is 2. The Hall–Kier alpha value is -2.92. The van der Waals surface area contributed by atoms with E-state index in [0.717, 1.165) is 32.6 Å². The van der Waals surface area contributed by atoms with Gasteiger partial charge in [-0.05, 0) is 35.1 Å². The van der Waals surface area contributed by atoms with Gasteiger partial charge in [-0.1, -0.05) is 42.5 Å². The Labute approximate surface area is 156 Å². The lowest BCUT2D eigenvalue weighted by Gasteiger charge is -2.07. The van der Waals surface area contributed by atoms with Crippen molar-refractivity contribution >= 4 is 27.3 Å². The van der Waals surface area contributed by atoms with Gasteiger partial charge in [-0.15, -0.1) is 11.3 Å². The molecule has 0 bridgehead atoms. The van der Waals surface area contributed by atoms with Crippen LogP contribution in [0.1, 0.15) is 26.4 Å². The molecule has 0 aliphatic carbocycles. The Morgan fingerprint density at radius 1 is 1.12 bits per heavy atom. The molecule has 0 aliphatic rings. The predicted molar refractivity (Wildman–Crippen MR) is 106 cm³/mol. The molecule has 4 aromatic rings. The minimum absolute atomic E-state index is 0.00816. The van der Waals surface area contributed by atoms with Gasteiger partial charge >= 0.3 is 0 Å². The smallest absolute Gasteiger partial charge is 0.261 e. The van der Waals surface area contributed by atoms with Crippen molar-refractivity contribution in [3.8, 4) is 0 Å². The highest BCUT2D eigenvalue weighted by molar-refractivity contribution is 7.21. The largest absolute Gasteiger partial charge is 0.347 e. The minimum Gasteiger partial charge on any atom is -0.347 e. The maximum absolute atomic E-state index is 12.6. The summed E-state index contributed by atoms with van der Waals surface area (Å²) in [6.07, 6.45) is 5.53. The Bertz CT molecular complexity index is 1030. The van der Waals surface area contributed by atoms with E-state index in [4.69, 9.17) is 0 Å². The molecular weight excluding hydrogens is 342 g/mol. The van der Waals surface area contributed by atoms with Crippen LogP contribution < -0.4 is 5.32 Å². The maximum Gasteiger partial charge on any atom is 0.261 e. The number of fused-ring (bicyclic) bond motifs is 1. The van der Waals surface area contributed by atoms with E-state index in [1.807, 2.05) is 36.1 Å². The first-order chi connectivity index (χ1) is 12.7. The van der Waals surface area contributed by atoms with Crippen molar-refractivity contribution in [3.05, 3.63) is 88.8 Å². The molecule has 4 nitrogen and oxygen atoms in total. The summed E-state index contributed by atoms with van der Waals surface area (Å²) in [6, 6.07) is 16.4. The number of rotatable bonds is 5. The van der Waals surface area contributed by atoms with Crippen LogP contribution in [0.2, 0.25) is 0 Å². The standard InChI is InChI=1S/C21H19N3OS/c1-15-18-4-2-3-5-19(18)26-20(15)21(25)23-12-16-6-8-17(9-7-16)13-24-11-10-22-14-24/h2-11,14H,12-13H2,1H3,(H,23,25). The number of imidazole rings is 1. The van der Waals surface area contributed by atoms with Gasteiger partial charge in [-0.2, -0.15) is 0 Å². The second kappa shape index (κ2) is 7.14. The third kappa shape index (κ3) is 3.39. The molecule has 0 fully saturated rings. The first kappa shape index (κ1) is 16.5. The quantitative estimate of drug-likeness (QED) is 0.573. The third-order valence-corrected chi connectivity index (χ3v) is 5.72. The number of thiophene rings is 1. The van der Waals surface area contributed by atoms with E-state index in [1.54, 1.807) is 17.5 Å². The average Bonchev–Trinajstić information content (AvgIpc) is 3.29. The number of nitrogens with one attached hydrogen (secondary N) is 1. The molecule has 0 radical (unpaired) electrons. The van der Waals surface area contributed by atoms with Gasteiger partial charge in [0.2, 0.25) is 0 Å². The summed E-state index contributed by atoms with van der Waals surface area (Å²) < 4.78 is 3.18. The van der Waals surface area contributed by atoms with Crippen LogP contribution in [-0.2, 0) is 13.1 Å². The van der Waals surface area contributed by atoms with Gasteiger partial charge in [-0.3, -0.25) is 4.79 Å². The van der Waals surface area contributed by atoms with E-state index < -0.39 is 0 Å². The molecule has 0 aliphatic heterocycles. The van der Waals surface area contributed by atoms with Gasteiger partial charge in [0.25, 0.3) is 5.91 Å². The van der Waals surface area contributed by atoms with Gasteiger partial charge in [0, 0.05) is 30.2 Å². The number of hydrogen-bond acceptors (Lipinski definition) is 3. The zero-order valence-corrected chi connectivity index (χ0v) is 15.3. The summed E-state index contributed by atoms with van der Waals surface area (Å²) >= 11 is 1.55. The van der Waals surface area contributed by atoms with E-state index in [2.05, 4.69) is 46.7 Å². The molecule has 1 N–H and O–H groups in total. The monoisotopic (exact) mass is 361 g/mol. The molecule has 4 rings (SSSR count). The van der Waals surface area contributed by atoms with Crippen LogP contribution in [-0.4, -0.2) is 15.5 Å². The van der Waals surface area contributed by atoms with Crippen molar-refractivity contribution in [3.63, 3.8) is 0 Å². The molecule has 2 aromatic carbocycles. The molecule has 5 heteroatoms. The van der Waals surface area contributed by atoms with Crippen LogP contribution in [0.5, 0.6) is 0 Å². The van der Waals surface area contributed by atoms with E-state index in [1.165, 1.54) is 5.56 Å². The zero-order chi connectivity index (χ0) is 17.9. The number of aromatic nitrogens is 2. The lowest BCUT2D eigenvalue weighted by molar-refractivity contribution is 0.0954. The van der Waals surface area contributed by atoms with Crippen molar-refractivity contribution in [2.45, 2.75) is 20.0 Å². The Balaban J connectivity index is 1.41. The second-order valence-electron chi connectivity index (χ2n) is 6.29. The van der Waals surface area contributed by atoms with Crippen molar-refractivity contribution in [1.29, 1.82) is 0 Å². The van der Waals surface area contributed by atoms with Crippen LogP contribution in [0.15, 0.2) is 67.3 Å². The molecule has 0 saturated carbocycles. The number of benzene rings is 2. The van der Waals surface area contributed by atoms with Gasteiger partial charge in [-0.25, -0.2) is 4.98 Å². The van der Waals surface area contributed by atoms with E-state index in [-0.39, 0.29) is 5.91 Å². The van der Waals surface area contributed by atoms with E-state index >= 15 is 0 Å². The van der Waals surface area contributed by atoms with Crippen molar-refractivity contribution < 1.29 is 4.79 Å². The van der Waals surface area contributed by atoms with Crippen LogP contribution in [0, 0.1) is 6.92 Å². The molecule has 2 aromatic heterocycles. The lowest BCUT2D eigenvalue weighted by atomic mass is 10.1. The maximum atomic E-state index is 12.6. The van der Waals surface area contributed by atoms with E-state index in [9.17, 15) is 4.79 Å². The molecule has 130 valence electrons. The van der Waals surface area contributed by atoms with Crippen molar-refractivity contribution in [1.82, 2.24) is 14.9 Å². The highest BCUT2D eigenvalue weighted by Crippen LogP contribution is 2.30. The SMILES string of the molecule is Cc1c(C(=O)NCc2ccc(Cn3ccnc3)cc2)sc2ccccc12.